The zero-order chi connectivity index (χ0) is 28.9. The number of rotatable bonds is 9. The third kappa shape index (κ3) is 8.12. The molecule has 1 aliphatic carbocycles. The second-order valence-corrected chi connectivity index (χ2v) is 10.3. The number of halogens is 2. The lowest BCUT2D eigenvalue weighted by atomic mass is 9.97. The van der Waals surface area contributed by atoms with E-state index in [1.165, 1.54) is 24.0 Å². The van der Waals surface area contributed by atoms with Gasteiger partial charge in [0.1, 0.15) is 5.69 Å². The van der Waals surface area contributed by atoms with Gasteiger partial charge < -0.3 is 30.3 Å². The number of ether oxygens (including phenoxy) is 1. The molecule has 0 atom stereocenters. The van der Waals surface area contributed by atoms with Gasteiger partial charge in [0.25, 0.3) is 12.3 Å². The van der Waals surface area contributed by atoms with Crippen LogP contribution in [0.15, 0.2) is 54.5 Å². The van der Waals surface area contributed by atoms with E-state index in [0.717, 1.165) is 37.2 Å². The van der Waals surface area contributed by atoms with Gasteiger partial charge in [0.2, 0.25) is 0 Å². The summed E-state index contributed by atoms with van der Waals surface area (Å²) < 4.78 is 32.0. The molecule has 210 valence electrons. The van der Waals surface area contributed by atoms with Crippen LogP contribution in [0, 0.1) is 17.8 Å². The molecule has 2 aliphatic rings. The van der Waals surface area contributed by atoms with Gasteiger partial charge in [-0.2, -0.15) is 0 Å². The number of alkyl halides is 2. The number of nitrogens with one attached hydrogen (secondary N) is 1. The summed E-state index contributed by atoms with van der Waals surface area (Å²) in [6.07, 6.45) is 4.02. The highest BCUT2D eigenvalue weighted by atomic mass is 32.2. The first-order chi connectivity index (χ1) is 19.0. The maximum atomic E-state index is 13.6. The van der Waals surface area contributed by atoms with Crippen LogP contribution >= 0.6 is 11.8 Å². The minimum Gasteiger partial charge on any atom is -0.415 e. The molecule has 40 heavy (non-hydrogen) atoms. The summed E-state index contributed by atoms with van der Waals surface area (Å²) >= 11 is 1.24. The summed E-state index contributed by atoms with van der Waals surface area (Å²) in [5, 5.41) is 31.3. The maximum absolute atomic E-state index is 13.6. The Kier molecular flexibility index (Phi) is 9.21. The average molecular weight is 571 g/mol. The molecule has 1 amide bonds. The van der Waals surface area contributed by atoms with Crippen LogP contribution in [-0.2, 0) is 0 Å². The van der Waals surface area contributed by atoms with Gasteiger partial charge in [0, 0.05) is 36.8 Å². The highest BCUT2D eigenvalue weighted by Gasteiger charge is 2.27. The summed E-state index contributed by atoms with van der Waals surface area (Å²) in [6, 6.07) is 2.45. The van der Waals surface area contributed by atoms with E-state index in [9.17, 15) is 28.9 Å². The molecule has 2 aromatic heterocycles. The van der Waals surface area contributed by atoms with Gasteiger partial charge >= 0.3 is 6.16 Å². The van der Waals surface area contributed by atoms with E-state index >= 15 is 0 Å². The molecule has 0 radical (unpaired) electrons. The summed E-state index contributed by atoms with van der Waals surface area (Å²) in [6.45, 7) is 4.62. The fourth-order valence-electron chi connectivity index (χ4n) is 3.77. The monoisotopic (exact) mass is 570 g/mol. The van der Waals surface area contributed by atoms with Crippen molar-refractivity contribution in [2.45, 2.75) is 31.8 Å². The van der Waals surface area contributed by atoms with E-state index in [0.29, 0.717) is 28.8 Å². The number of pyridine rings is 2. The summed E-state index contributed by atoms with van der Waals surface area (Å²) in [5.74, 6) is 5.93. The number of amides is 1. The van der Waals surface area contributed by atoms with Crippen molar-refractivity contribution < 1.29 is 33.6 Å². The van der Waals surface area contributed by atoms with Crippen LogP contribution in [0.1, 0.15) is 47.4 Å². The molecular weight excluding hydrogens is 542 g/mol. The Hall–Kier alpha value is -3.76. The number of hydrogen-bond donors (Lipinski definition) is 4. The Balaban J connectivity index is 1.75. The molecule has 0 aromatic carbocycles. The van der Waals surface area contributed by atoms with E-state index < -0.39 is 29.9 Å². The number of aromatic nitrogens is 2. The van der Waals surface area contributed by atoms with Crippen LogP contribution in [0.5, 0.6) is 5.75 Å². The molecule has 4 N–H and O–H groups in total. The maximum Gasteiger partial charge on any atom is 0.453 e. The summed E-state index contributed by atoms with van der Waals surface area (Å²) in [5.41, 5.74) is 0.370. The third-order valence-corrected chi connectivity index (χ3v) is 6.64. The number of aliphatic hydroxyl groups is 3. The number of hydrogen-bond acceptors (Lipinski definition) is 9. The van der Waals surface area contributed by atoms with Crippen LogP contribution in [0.3, 0.4) is 0 Å². The smallest absolute Gasteiger partial charge is 0.415 e. The van der Waals surface area contributed by atoms with Crippen molar-refractivity contribution in [3.05, 3.63) is 71.4 Å². The third-order valence-electron chi connectivity index (χ3n) is 5.90. The average Bonchev–Trinajstić information content (AvgIpc) is 3.73. The van der Waals surface area contributed by atoms with Crippen LogP contribution in [0.25, 0.3) is 16.7 Å². The van der Waals surface area contributed by atoms with Crippen molar-refractivity contribution in [2.24, 2.45) is 5.92 Å². The Morgan fingerprint density at radius 2 is 2.05 bits per heavy atom. The van der Waals surface area contributed by atoms with E-state index in [2.05, 4.69) is 33.7 Å². The molecule has 0 unspecified atom stereocenters. The quantitative estimate of drug-likeness (QED) is 0.264. The van der Waals surface area contributed by atoms with Crippen molar-refractivity contribution in [1.82, 2.24) is 20.2 Å². The van der Waals surface area contributed by atoms with Gasteiger partial charge in [0.15, 0.2) is 5.75 Å². The first kappa shape index (κ1) is 29.2. The number of carbonyl (C=O) groups is 1. The molecule has 2 aromatic rings. The van der Waals surface area contributed by atoms with Gasteiger partial charge in [-0.15, -0.1) is 0 Å². The predicted octanol–water partition coefficient (Wildman–Crippen LogP) is 3.63. The lowest BCUT2D eigenvalue weighted by Crippen LogP contribution is -2.35. The number of allylic oxidation sites excluding steroid dienone is 2. The Labute approximate surface area is 234 Å². The molecule has 9 nitrogen and oxygen atoms in total. The summed E-state index contributed by atoms with van der Waals surface area (Å²) in [4.78, 5) is 23.4. The second-order valence-electron chi connectivity index (χ2n) is 9.20. The lowest BCUT2D eigenvalue weighted by molar-refractivity contribution is -0.419. The van der Waals surface area contributed by atoms with Gasteiger partial charge in [-0.1, -0.05) is 36.3 Å². The molecular formula is C28H28F2N4O5S. The van der Waals surface area contributed by atoms with Crippen LogP contribution in [0.2, 0.25) is 0 Å². The van der Waals surface area contributed by atoms with Crippen molar-refractivity contribution in [3.63, 3.8) is 0 Å². The van der Waals surface area contributed by atoms with E-state index in [1.807, 2.05) is 30.3 Å². The molecule has 1 fully saturated rings. The van der Waals surface area contributed by atoms with E-state index in [4.69, 9.17) is 4.74 Å². The summed E-state index contributed by atoms with van der Waals surface area (Å²) in [7, 11) is 1.92. The molecule has 0 saturated heterocycles. The van der Waals surface area contributed by atoms with E-state index in [1.54, 1.807) is 0 Å². The Morgan fingerprint density at radius 1 is 1.27 bits per heavy atom. The molecule has 1 aliphatic heterocycles. The second kappa shape index (κ2) is 12.6. The molecule has 4 rings (SSSR count). The van der Waals surface area contributed by atoms with Gasteiger partial charge in [-0.05, 0) is 49.2 Å². The van der Waals surface area contributed by atoms with Gasteiger partial charge in [-0.25, -0.2) is 8.78 Å². The first-order valence-corrected chi connectivity index (χ1v) is 13.3. The minimum absolute atomic E-state index is 0.0411. The Morgan fingerprint density at radius 3 is 2.75 bits per heavy atom. The van der Waals surface area contributed by atoms with Crippen molar-refractivity contribution in [1.29, 1.82) is 0 Å². The molecule has 12 heteroatoms. The van der Waals surface area contributed by atoms with Gasteiger partial charge in [-0.3, -0.25) is 14.8 Å². The molecule has 3 heterocycles. The molecule has 1 saturated carbocycles. The molecule has 0 spiro atoms. The Bertz CT molecular complexity index is 1410. The van der Waals surface area contributed by atoms with Crippen LogP contribution in [-0.4, -0.2) is 61.6 Å². The van der Waals surface area contributed by atoms with Crippen LogP contribution < -0.4 is 10.1 Å². The first-order valence-electron chi connectivity index (χ1n) is 12.3. The normalized spacial score (nSPS) is 15.2. The number of nitrogens with zero attached hydrogens (tertiary/aromatic N) is 3. The standard InChI is InChI=1S/C28H28F2N4O5S/c1-17(40-12-4-5-18-7-8-18)33-27(35)22-15-31-23(19-6-3-10-34(2)11-9-19)13-20(22)21-14-24(26(29)30)32-16-25(21)39-28(36,37)38/h6,9,11,13-16,18,26,36-38H,1,3,7-8,10,12H2,2H3,(H,33,35). The van der Waals surface area contributed by atoms with E-state index in [-0.39, 0.29) is 16.7 Å². The van der Waals surface area contributed by atoms with Crippen LogP contribution in [0.4, 0.5) is 8.78 Å². The van der Waals surface area contributed by atoms with Crippen molar-refractivity contribution in [3.8, 4) is 28.7 Å². The van der Waals surface area contributed by atoms with Gasteiger partial charge in [0.05, 0.1) is 28.2 Å². The zero-order valence-electron chi connectivity index (χ0n) is 21.6. The zero-order valence-corrected chi connectivity index (χ0v) is 22.4. The predicted molar refractivity (Wildman–Crippen MR) is 146 cm³/mol. The lowest BCUT2D eigenvalue weighted by Gasteiger charge is -2.20. The highest BCUT2D eigenvalue weighted by Crippen LogP contribution is 2.37. The molecule has 0 bridgehead atoms. The van der Waals surface area contributed by atoms with Crippen molar-refractivity contribution >= 4 is 23.2 Å². The largest absolute Gasteiger partial charge is 0.453 e. The number of thioether (sulfide) groups is 1. The topological polar surface area (TPSA) is 128 Å². The van der Waals surface area contributed by atoms with Crippen molar-refractivity contribution in [2.75, 3.05) is 19.3 Å². The number of carbonyl (C=O) groups excluding carboxylic acids is 1. The SMILES string of the molecule is C=C(NC(=O)c1cnc(C2=CCCN(C)C=C2)cc1-c1cc(C(F)F)ncc1OC(O)(O)O)SCC#CC1CC1. The fraction of sp³-hybridized carbons (Fsp3) is 0.321. The fourth-order valence-corrected chi connectivity index (χ4v) is 4.26. The highest BCUT2D eigenvalue weighted by molar-refractivity contribution is 8.03. The minimum atomic E-state index is -3.63.